The Hall–Kier alpha value is -1.37. The molecule has 128 valence electrons. The number of likely N-dealkylation sites (tertiary alicyclic amines) is 1. The first-order chi connectivity index (χ1) is 10.7. The highest BCUT2D eigenvalue weighted by atomic mass is 79.9. The van der Waals surface area contributed by atoms with Crippen molar-refractivity contribution in [1.82, 2.24) is 14.7 Å². The highest BCUT2D eigenvalue weighted by Gasteiger charge is 2.27. The Balaban J connectivity index is 1.85. The molecule has 0 saturated carbocycles. The molecule has 1 amide bonds. The largest absolute Gasteiger partial charge is 0.460 e. The normalized spacial score (nSPS) is 18.8. The molecular formula is C16H24BrN3O3. The first-order valence-corrected chi connectivity index (χ1v) is 8.71. The van der Waals surface area contributed by atoms with Gasteiger partial charge in [-0.1, -0.05) is 0 Å². The van der Waals surface area contributed by atoms with E-state index in [9.17, 15) is 9.59 Å². The average molecular weight is 386 g/mol. The third kappa shape index (κ3) is 5.97. The fraction of sp³-hybridized carbons (Fsp3) is 0.688. The summed E-state index contributed by atoms with van der Waals surface area (Å²) < 4.78 is 7.70. The molecule has 1 atom stereocenters. The van der Waals surface area contributed by atoms with Crippen molar-refractivity contribution in [3.63, 3.8) is 0 Å². The molecule has 7 heteroatoms. The maximum atomic E-state index is 12.4. The first-order valence-electron chi connectivity index (χ1n) is 7.91. The van der Waals surface area contributed by atoms with Crippen molar-refractivity contribution in [1.29, 1.82) is 0 Å². The van der Waals surface area contributed by atoms with E-state index in [0.717, 1.165) is 19.4 Å². The Kier molecular flexibility index (Phi) is 5.84. The van der Waals surface area contributed by atoms with E-state index in [4.69, 9.17) is 4.74 Å². The quantitative estimate of drug-likeness (QED) is 0.747. The molecular weight excluding hydrogens is 362 g/mol. The van der Waals surface area contributed by atoms with Crippen molar-refractivity contribution in [2.75, 3.05) is 13.1 Å². The van der Waals surface area contributed by atoms with Crippen LogP contribution in [0.15, 0.2) is 16.9 Å². The van der Waals surface area contributed by atoms with Gasteiger partial charge in [0.05, 0.1) is 6.42 Å². The van der Waals surface area contributed by atoms with E-state index in [2.05, 4.69) is 21.0 Å². The molecule has 1 aromatic rings. The summed E-state index contributed by atoms with van der Waals surface area (Å²) in [6.45, 7) is 7.18. The number of carbonyl (C=O) groups is 2. The van der Waals surface area contributed by atoms with Crippen LogP contribution < -0.4 is 0 Å². The van der Waals surface area contributed by atoms with E-state index >= 15 is 0 Å². The predicted molar refractivity (Wildman–Crippen MR) is 89.7 cm³/mol. The van der Waals surface area contributed by atoms with Gasteiger partial charge in [-0.25, -0.2) is 0 Å². The van der Waals surface area contributed by atoms with Crippen LogP contribution in [0.3, 0.4) is 0 Å². The highest BCUT2D eigenvalue weighted by Crippen LogP contribution is 2.22. The zero-order chi connectivity index (χ0) is 17.0. The predicted octanol–water partition coefficient (Wildman–Crippen LogP) is 2.62. The number of amides is 1. The van der Waals surface area contributed by atoms with E-state index < -0.39 is 5.60 Å². The fourth-order valence-electron chi connectivity index (χ4n) is 2.74. The van der Waals surface area contributed by atoms with Gasteiger partial charge < -0.3 is 9.64 Å². The lowest BCUT2D eigenvalue weighted by Gasteiger charge is -2.33. The van der Waals surface area contributed by atoms with Gasteiger partial charge in [0.2, 0.25) is 5.91 Å². The van der Waals surface area contributed by atoms with Crippen molar-refractivity contribution >= 4 is 27.8 Å². The van der Waals surface area contributed by atoms with Gasteiger partial charge in [-0.15, -0.1) is 0 Å². The molecule has 0 bridgehead atoms. The maximum absolute atomic E-state index is 12.4. The topological polar surface area (TPSA) is 64.4 Å². The van der Waals surface area contributed by atoms with Crippen LogP contribution in [0.2, 0.25) is 0 Å². The number of esters is 1. The number of halogens is 1. The molecule has 23 heavy (non-hydrogen) atoms. The van der Waals surface area contributed by atoms with Crippen LogP contribution >= 0.6 is 15.9 Å². The summed E-state index contributed by atoms with van der Waals surface area (Å²) in [6, 6.07) is 1.80. The standard InChI is InChI=1S/C16H24BrN3O3/c1-16(2,3)23-15(22)9-12-5-4-7-19(10-12)14(21)11-20-8-6-13(17)18-20/h6,8,12H,4-5,7,9-11H2,1-3H3/t12-/m0/s1. The molecule has 0 N–H and O–H groups in total. The van der Waals surface area contributed by atoms with Crippen LogP contribution in [0, 0.1) is 5.92 Å². The second kappa shape index (κ2) is 7.47. The second-order valence-electron chi connectivity index (χ2n) is 6.97. The molecule has 0 spiro atoms. The molecule has 1 fully saturated rings. The minimum Gasteiger partial charge on any atom is -0.460 e. The monoisotopic (exact) mass is 385 g/mol. The zero-order valence-electron chi connectivity index (χ0n) is 13.9. The second-order valence-corrected chi connectivity index (χ2v) is 7.79. The summed E-state index contributed by atoms with van der Waals surface area (Å²) >= 11 is 3.27. The molecule has 0 aromatic carbocycles. The molecule has 1 aliphatic rings. The summed E-state index contributed by atoms with van der Waals surface area (Å²) in [5.41, 5.74) is -0.464. The molecule has 0 radical (unpaired) electrons. The third-order valence-corrected chi connectivity index (χ3v) is 4.08. The molecule has 0 aliphatic carbocycles. The third-order valence-electron chi connectivity index (χ3n) is 3.65. The molecule has 2 rings (SSSR count). The van der Waals surface area contributed by atoms with Crippen molar-refractivity contribution < 1.29 is 14.3 Å². The van der Waals surface area contributed by atoms with E-state index in [1.807, 2.05) is 25.7 Å². The van der Waals surface area contributed by atoms with Crippen molar-refractivity contribution in [3.8, 4) is 0 Å². The summed E-state index contributed by atoms with van der Waals surface area (Å²) in [7, 11) is 0. The van der Waals surface area contributed by atoms with Crippen LogP contribution in [0.25, 0.3) is 0 Å². The molecule has 1 aliphatic heterocycles. The number of rotatable bonds is 4. The first kappa shape index (κ1) is 18.0. The molecule has 6 nitrogen and oxygen atoms in total. The van der Waals surface area contributed by atoms with Crippen LogP contribution in [0.1, 0.15) is 40.0 Å². The SMILES string of the molecule is CC(C)(C)OC(=O)C[C@@H]1CCCN(C(=O)Cn2ccc(Br)n2)C1. The molecule has 1 aromatic heterocycles. The number of hydrogen-bond acceptors (Lipinski definition) is 4. The molecule has 2 heterocycles. The summed E-state index contributed by atoms with van der Waals surface area (Å²) in [5.74, 6) is 0.0224. The van der Waals surface area contributed by atoms with Crippen LogP contribution in [0.4, 0.5) is 0 Å². The van der Waals surface area contributed by atoms with Crippen LogP contribution in [-0.2, 0) is 20.9 Å². The lowest BCUT2D eigenvalue weighted by atomic mass is 9.94. The maximum Gasteiger partial charge on any atom is 0.306 e. The zero-order valence-corrected chi connectivity index (χ0v) is 15.5. The lowest BCUT2D eigenvalue weighted by molar-refractivity contribution is -0.157. The Morgan fingerprint density at radius 3 is 2.78 bits per heavy atom. The number of hydrogen-bond donors (Lipinski definition) is 0. The van der Waals surface area contributed by atoms with Crippen molar-refractivity contribution in [2.45, 2.75) is 52.2 Å². The Morgan fingerprint density at radius 1 is 1.43 bits per heavy atom. The van der Waals surface area contributed by atoms with E-state index in [1.54, 1.807) is 16.9 Å². The Labute approximate surface area is 145 Å². The summed E-state index contributed by atoms with van der Waals surface area (Å²) in [6.07, 6.45) is 4.01. The Morgan fingerprint density at radius 2 is 2.17 bits per heavy atom. The van der Waals surface area contributed by atoms with Crippen LogP contribution in [-0.4, -0.2) is 45.2 Å². The summed E-state index contributed by atoms with van der Waals surface area (Å²) in [5, 5.41) is 4.16. The number of carbonyl (C=O) groups excluding carboxylic acids is 2. The molecule has 1 saturated heterocycles. The van der Waals surface area contributed by atoms with Crippen molar-refractivity contribution in [2.24, 2.45) is 5.92 Å². The molecule has 0 unspecified atom stereocenters. The van der Waals surface area contributed by atoms with Gasteiger partial charge in [0.25, 0.3) is 0 Å². The van der Waals surface area contributed by atoms with Gasteiger partial charge in [0, 0.05) is 19.3 Å². The highest BCUT2D eigenvalue weighted by molar-refractivity contribution is 9.10. The minimum absolute atomic E-state index is 0.0366. The van der Waals surface area contributed by atoms with Gasteiger partial charge in [-0.2, -0.15) is 5.10 Å². The number of nitrogens with zero attached hydrogens (tertiary/aromatic N) is 3. The number of aromatic nitrogens is 2. The van der Waals surface area contributed by atoms with Gasteiger partial charge in [-0.05, 0) is 61.5 Å². The van der Waals surface area contributed by atoms with Gasteiger partial charge >= 0.3 is 5.97 Å². The Bertz CT molecular complexity index is 565. The number of ether oxygens (including phenoxy) is 1. The van der Waals surface area contributed by atoms with Crippen LogP contribution in [0.5, 0.6) is 0 Å². The van der Waals surface area contributed by atoms with Gasteiger partial charge in [0.1, 0.15) is 16.7 Å². The van der Waals surface area contributed by atoms with E-state index in [-0.39, 0.29) is 24.3 Å². The summed E-state index contributed by atoms with van der Waals surface area (Å²) in [4.78, 5) is 26.2. The average Bonchev–Trinajstić information content (AvgIpc) is 2.82. The van der Waals surface area contributed by atoms with E-state index in [0.29, 0.717) is 17.6 Å². The van der Waals surface area contributed by atoms with E-state index in [1.165, 1.54) is 0 Å². The van der Waals surface area contributed by atoms with Crippen molar-refractivity contribution in [3.05, 3.63) is 16.9 Å². The van der Waals surface area contributed by atoms with Gasteiger partial charge in [0.15, 0.2) is 0 Å². The minimum atomic E-state index is -0.464. The lowest BCUT2D eigenvalue weighted by Crippen LogP contribution is -2.42. The number of piperidine rings is 1. The van der Waals surface area contributed by atoms with Gasteiger partial charge in [-0.3, -0.25) is 14.3 Å². The smallest absolute Gasteiger partial charge is 0.306 e. The fourth-order valence-corrected chi connectivity index (χ4v) is 3.06.